The van der Waals surface area contributed by atoms with Crippen LogP contribution in [-0.4, -0.2) is 5.11 Å². The minimum absolute atomic E-state index is 0.00216. The van der Waals surface area contributed by atoms with E-state index in [1.54, 1.807) is 6.07 Å². The van der Waals surface area contributed by atoms with Crippen molar-refractivity contribution in [3.8, 4) is 0 Å². The van der Waals surface area contributed by atoms with Crippen LogP contribution in [0.4, 0.5) is 4.39 Å². The van der Waals surface area contributed by atoms with Gasteiger partial charge in [-0.2, -0.15) is 0 Å². The number of aliphatic hydroxyl groups excluding tert-OH is 1. The Labute approximate surface area is 126 Å². The highest BCUT2D eigenvalue weighted by molar-refractivity contribution is 9.11. The highest BCUT2D eigenvalue weighted by Crippen LogP contribution is 2.32. The van der Waals surface area contributed by atoms with E-state index in [0.29, 0.717) is 11.1 Å². The van der Waals surface area contributed by atoms with Gasteiger partial charge in [-0.15, -0.1) is 0 Å². The molecular formula is C13H8Br2ClFO. The molecule has 0 fully saturated rings. The van der Waals surface area contributed by atoms with Gasteiger partial charge >= 0.3 is 0 Å². The Bertz CT molecular complexity index is 589. The van der Waals surface area contributed by atoms with Gasteiger partial charge in [0.25, 0.3) is 0 Å². The molecule has 2 rings (SSSR count). The second-order valence-corrected chi connectivity index (χ2v) is 5.92. The van der Waals surface area contributed by atoms with E-state index in [0.717, 1.165) is 8.95 Å². The highest BCUT2D eigenvalue weighted by atomic mass is 79.9. The Morgan fingerprint density at radius 2 is 1.83 bits per heavy atom. The molecule has 1 atom stereocenters. The molecule has 1 unspecified atom stereocenters. The van der Waals surface area contributed by atoms with Gasteiger partial charge in [-0.25, -0.2) is 4.39 Å². The van der Waals surface area contributed by atoms with Crippen molar-refractivity contribution < 1.29 is 9.50 Å². The Morgan fingerprint density at radius 3 is 2.50 bits per heavy atom. The molecule has 1 N–H and O–H groups in total. The normalized spacial score (nSPS) is 12.5. The lowest BCUT2D eigenvalue weighted by Crippen LogP contribution is -2.01. The summed E-state index contributed by atoms with van der Waals surface area (Å²) in [5, 5.41) is 10.3. The van der Waals surface area contributed by atoms with E-state index >= 15 is 0 Å². The SMILES string of the molecule is OC(c1ccc(F)c(Cl)c1)c1cc(Br)ccc1Br. The first-order valence-corrected chi connectivity index (χ1v) is 7.03. The largest absolute Gasteiger partial charge is 0.384 e. The molecule has 5 heteroatoms. The molecule has 2 aromatic rings. The third-order valence-electron chi connectivity index (χ3n) is 2.51. The van der Waals surface area contributed by atoms with Crippen LogP contribution in [0.2, 0.25) is 5.02 Å². The van der Waals surface area contributed by atoms with Crippen molar-refractivity contribution in [1.82, 2.24) is 0 Å². The molecule has 0 heterocycles. The fraction of sp³-hybridized carbons (Fsp3) is 0.0769. The maximum atomic E-state index is 13.1. The number of benzene rings is 2. The first kappa shape index (κ1) is 14.0. The van der Waals surface area contributed by atoms with Gasteiger partial charge in [0.1, 0.15) is 11.9 Å². The summed E-state index contributed by atoms with van der Waals surface area (Å²) in [6.45, 7) is 0. The van der Waals surface area contributed by atoms with Crippen LogP contribution in [0.5, 0.6) is 0 Å². The molecule has 1 nitrogen and oxygen atoms in total. The van der Waals surface area contributed by atoms with Crippen molar-refractivity contribution in [2.24, 2.45) is 0 Å². The van der Waals surface area contributed by atoms with Gasteiger partial charge in [0.15, 0.2) is 0 Å². The lowest BCUT2D eigenvalue weighted by atomic mass is 10.0. The molecule has 0 radical (unpaired) electrons. The third-order valence-corrected chi connectivity index (χ3v) is 4.02. The zero-order valence-corrected chi connectivity index (χ0v) is 12.9. The molecule has 18 heavy (non-hydrogen) atoms. The summed E-state index contributed by atoms with van der Waals surface area (Å²) in [5.41, 5.74) is 1.23. The van der Waals surface area contributed by atoms with Gasteiger partial charge < -0.3 is 5.11 Å². The molecule has 0 bridgehead atoms. The molecule has 0 aromatic heterocycles. The molecule has 0 amide bonds. The van der Waals surface area contributed by atoms with Gasteiger partial charge in [-0.1, -0.05) is 49.5 Å². The van der Waals surface area contributed by atoms with Crippen LogP contribution in [0.25, 0.3) is 0 Å². The fourth-order valence-corrected chi connectivity index (χ4v) is 2.62. The van der Waals surface area contributed by atoms with Crippen LogP contribution in [0.15, 0.2) is 45.3 Å². The smallest absolute Gasteiger partial charge is 0.141 e. The first-order valence-electron chi connectivity index (χ1n) is 5.07. The quantitative estimate of drug-likeness (QED) is 0.753. The standard InChI is InChI=1S/C13H8Br2ClFO/c14-8-2-3-10(15)9(6-8)13(18)7-1-4-12(17)11(16)5-7/h1-6,13,18H. The molecular weight excluding hydrogens is 386 g/mol. The van der Waals surface area contributed by atoms with Crippen molar-refractivity contribution >= 4 is 43.5 Å². The van der Waals surface area contributed by atoms with E-state index in [4.69, 9.17) is 11.6 Å². The second-order valence-electron chi connectivity index (χ2n) is 3.74. The number of hydrogen-bond acceptors (Lipinski definition) is 1. The van der Waals surface area contributed by atoms with Crippen LogP contribution in [0.3, 0.4) is 0 Å². The van der Waals surface area contributed by atoms with Crippen molar-refractivity contribution in [3.05, 3.63) is 67.3 Å². The molecule has 0 aliphatic heterocycles. The van der Waals surface area contributed by atoms with Crippen LogP contribution in [0.1, 0.15) is 17.2 Å². The molecule has 0 spiro atoms. The summed E-state index contributed by atoms with van der Waals surface area (Å²) in [6, 6.07) is 9.67. The molecule has 2 aromatic carbocycles. The van der Waals surface area contributed by atoms with Gasteiger partial charge in [0.2, 0.25) is 0 Å². The monoisotopic (exact) mass is 392 g/mol. The average molecular weight is 394 g/mol. The zero-order chi connectivity index (χ0) is 13.3. The number of hydrogen-bond donors (Lipinski definition) is 1. The molecule has 0 saturated heterocycles. The summed E-state index contributed by atoms with van der Waals surface area (Å²) < 4.78 is 14.7. The molecule has 0 saturated carbocycles. The number of aliphatic hydroxyl groups is 1. The van der Waals surface area contributed by atoms with E-state index in [-0.39, 0.29) is 5.02 Å². The van der Waals surface area contributed by atoms with E-state index in [9.17, 15) is 9.50 Å². The van der Waals surface area contributed by atoms with Gasteiger partial charge in [-0.3, -0.25) is 0 Å². The van der Waals surface area contributed by atoms with Gasteiger partial charge in [-0.05, 0) is 35.9 Å². The minimum atomic E-state index is -0.866. The van der Waals surface area contributed by atoms with Crippen molar-refractivity contribution in [1.29, 1.82) is 0 Å². The fourth-order valence-electron chi connectivity index (χ4n) is 1.59. The lowest BCUT2D eigenvalue weighted by Gasteiger charge is -2.14. The molecule has 0 aliphatic carbocycles. The van der Waals surface area contributed by atoms with Crippen molar-refractivity contribution in [2.75, 3.05) is 0 Å². The van der Waals surface area contributed by atoms with E-state index in [1.165, 1.54) is 18.2 Å². The van der Waals surface area contributed by atoms with Crippen LogP contribution < -0.4 is 0 Å². The number of rotatable bonds is 2. The van der Waals surface area contributed by atoms with Crippen molar-refractivity contribution in [3.63, 3.8) is 0 Å². The summed E-state index contributed by atoms with van der Waals surface area (Å²) in [5.74, 6) is -0.499. The summed E-state index contributed by atoms with van der Waals surface area (Å²) in [7, 11) is 0. The van der Waals surface area contributed by atoms with Gasteiger partial charge in [0.05, 0.1) is 5.02 Å². The predicted octanol–water partition coefficient (Wildman–Crippen LogP) is 5.09. The Morgan fingerprint density at radius 1 is 1.11 bits per heavy atom. The topological polar surface area (TPSA) is 20.2 Å². The lowest BCUT2D eigenvalue weighted by molar-refractivity contribution is 0.219. The molecule has 0 aliphatic rings. The highest BCUT2D eigenvalue weighted by Gasteiger charge is 2.15. The van der Waals surface area contributed by atoms with Gasteiger partial charge in [0, 0.05) is 14.5 Å². The van der Waals surface area contributed by atoms with Crippen LogP contribution in [-0.2, 0) is 0 Å². The maximum Gasteiger partial charge on any atom is 0.141 e. The Balaban J connectivity index is 2.44. The summed E-state index contributed by atoms with van der Waals surface area (Å²) in [6.07, 6.45) is -0.866. The van der Waals surface area contributed by atoms with E-state index in [1.807, 2.05) is 12.1 Å². The summed E-state index contributed by atoms with van der Waals surface area (Å²) >= 11 is 12.4. The van der Waals surface area contributed by atoms with E-state index in [2.05, 4.69) is 31.9 Å². The first-order chi connectivity index (χ1) is 8.49. The Hall–Kier alpha value is -0.420. The third kappa shape index (κ3) is 2.94. The second kappa shape index (κ2) is 5.70. The maximum absolute atomic E-state index is 13.1. The minimum Gasteiger partial charge on any atom is -0.384 e. The molecule has 94 valence electrons. The predicted molar refractivity (Wildman–Crippen MR) is 77.3 cm³/mol. The van der Waals surface area contributed by atoms with Crippen molar-refractivity contribution in [2.45, 2.75) is 6.10 Å². The Kier molecular flexibility index (Phi) is 4.43. The zero-order valence-electron chi connectivity index (χ0n) is 9.00. The number of halogens is 4. The summed E-state index contributed by atoms with van der Waals surface area (Å²) in [4.78, 5) is 0. The average Bonchev–Trinajstić information content (AvgIpc) is 2.35. The van der Waals surface area contributed by atoms with Crippen LogP contribution in [0, 0.1) is 5.82 Å². The van der Waals surface area contributed by atoms with E-state index < -0.39 is 11.9 Å². The van der Waals surface area contributed by atoms with Crippen LogP contribution >= 0.6 is 43.5 Å².